The van der Waals surface area contributed by atoms with Crippen LogP contribution in [0.25, 0.3) is 0 Å². The summed E-state index contributed by atoms with van der Waals surface area (Å²) >= 11 is 0. The molecule has 0 radical (unpaired) electrons. The van der Waals surface area contributed by atoms with Gasteiger partial charge in [-0.1, -0.05) is 109 Å². The number of hydrogen-bond acceptors (Lipinski definition) is 1. The molecule has 0 spiro atoms. The van der Waals surface area contributed by atoms with Crippen molar-refractivity contribution in [1.29, 1.82) is 0 Å². The van der Waals surface area contributed by atoms with Crippen molar-refractivity contribution in [3.8, 4) is 0 Å². The van der Waals surface area contributed by atoms with E-state index in [9.17, 15) is 0 Å². The zero-order valence-electron chi connectivity index (χ0n) is 27.3. The van der Waals surface area contributed by atoms with Gasteiger partial charge in [0.05, 0.1) is 18.9 Å². The molecule has 0 amide bonds. The first kappa shape index (κ1) is 37.9. The lowest BCUT2D eigenvalue weighted by molar-refractivity contribution is -0.001000. The highest BCUT2D eigenvalue weighted by Gasteiger charge is 2.45. The van der Waals surface area contributed by atoms with Crippen LogP contribution < -0.4 is 65.8 Å². The second-order valence-electron chi connectivity index (χ2n) is 11.8. The van der Waals surface area contributed by atoms with E-state index < -0.39 is 14.5 Å². The molecule has 0 unspecified atom stereocenters. The molecule has 48 heavy (non-hydrogen) atoms. The topological polar surface area (TPSA) is 9.23 Å². The number of ether oxygens (including phenoxy) is 1. The van der Waals surface area contributed by atoms with Crippen molar-refractivity contribution in [2.75, 3.05) is 25.5 Å². The van der Waals surface area contributed by atoms with Crippen LogP contribution >= 0.6 is 14.5 Å². The lowest BCUT2D eigenvalue weighted by Gasteiger charge is -2.28. The molecule has 1 nitrogen and oxygen atoms in total. The summed E-state index contributed by atoms with van der Waals surface area (Å²) in [6.45, 7) is 1.58. The molecular weight excluding hydrogens is 754 g/mol. The van der Waals surface area contributed by atoms with E-state index in [1.54, 1.807) is 0 Å². The maximum atomic E-state index is 6.40. The predicted octanol–water partition coefficient (Wildman–Crippen LogP) is 2.17. The maximum Gasteiger partial charge on any atom is 0.112 e. The third-order valence-corrected chi connectivity index (χ3v) is 18.0. The first-order valence-electron chi connectivity index (χ1n) is 16.5. The number of rotatable bonds is 15. The first-order valence-corrected chi connectivity index (χ1v) is 20.5. The Morgan fingerprint density at radius 1 is 0.292 bits per heavy atom. The van der Waals surface area contributed by atoms with Crippen LogP contribution in [-0.4, -0.2) is 25.5 Å². The van der Waals surface area contributed by atoms with Gasteiger partial charge in [0.25, 0.3) is 0 Å². The normalized spacial score (nSPS) is 11.2. The fourth-order valence-electron chi connectivity index (χ4n) is 6.82. The van der Waals surface area contributed by atoms with Crippen molar-refractivity contribution in [2.45, 2.75) is 19.3 Å². The van der Waals surface area contributed by atoms with Gasteiger partial charge in [0, 0.05) is 13.0 Å². The van der Waals surface area contributed by atoms with E-state index >= 15 is 0 Å². The predicted molar refractivity (Wildman–Crippen MR) is 205 cm³/mol. The van der Waals surface area contributed by atoms with Crippen LogP contribution in [0.1, 0.15) is 19.3 Å². The van der Waals surface area contributed by atoms with Gasteiger partial charge in [0.15, 0.2) is 0 Å². The van der Waals surface area contributed by atoms with Gasteiger partial charge >= 0.3 is 0 Å². The molecule has 0 heterocycles. The molecule has 6 aromatic rings. The third kappa shape index (κ3) is 8.63. The molecule has 0 aromatic heterocycles. The quantitative estimate of drug-likeness (QED) is 0.115. The van der Waals surface area contributed by atoms with Crippen LogP contribution in [0.5, 0.6) is 0 Å². The zero-order chi connectivity index (χ0) is 31.3. The molecule has 0 atom stereocenters. The molecule has 0 aliphatic rings. The molecule has 6 rings (SSSR count). The summed E-state index contributed by atoms with van der Waals surface area (Å²) in [5, 5.41) is 8.69. The Labute approximate surface area is 310 Å². The second kappa shape index (κ2) is 19.3. The van der Waals surface area contributed by atoms with Crippen molar-refractivity contribution in [3.05, 3.63) is 182 Å². The van der Waals surface area contributed by atoms with Gasteiger partial charge in [-0.05, 0) is 85.6 Å². The molecule has 0 saturated heterocycles. The monoisotopic (exact) mass is 796 g/mol. The van der Waals surface area contributed by atoms with Crippen molar-refractivity contribution in [2.24, 2.45) is 0 Å². The Bertz CT molecular complexity index is 1400. The minimum atomic E-state index is -1.81. The highest BCUT2D eigenvalue weighted by Crippen LogP contribution is 2.57. The molecule has 6 aromatic carbocycles. The number of unbranched alkanes of at least 4 members (excludes halogenated alkanes) is 1. The molecule has 0 N–H and O–H groups in total. The van der Waals surface area contributed by atoms with Gasteiger partial charge in [-0.3, -0.25) is 0 Å². The van der Waals surface area contributed by atoms with Crippen LogP contribution in [-0.2, 0) is 4.74 Å². The van der Waals surface area contributed by atoms with E-state index in [1.165, 1.54) is 31.8 Å². The molecule has 0 bridgehead atoms. The molecule has 0 saturated carbocycles. The van der Waals surface area contributed by atoms with Crippen molar-refractivity contribution in [1.82, 2.24) is 0 Å². The van der Waals surface area contributed by atoms with E-state index in [-0.39, 0.29) is 34.0 Å². The van der Waals surface area contributed by atoms with Gasteiger partial charge in [-0.2, -0.15) is 0 Å². The van der Waals surface area contributed by atoms with E-state index in [0.29, 0.717) is 0 Å². The van der Waals surface area contributed by atoms with E-state index in [2.05, 4.69) is 182 Å². The van der Waals surface area contributed by atoms with E-state index in [4.69, 9.17) is 4.74 Å². The molecule has 5 heteroatoms. The lowest BCUT2D eigenvalue weighted by Crippen LogP contribution is -3.00. The third-order valence-electron chi connectivity index (χ3n) is 9.00. The summed E-state index contributed by atoms with van der Waals surface area (Å²) in [4.78, 5) is 0. The van der Waals surface area contributed by atoms with Crippen LogP contribution in [0.3, 0.4) is 0 Å². The summed E-state index contributed by atoms with van der Waals surface area (Å²) in [5.74, 6) is 0. The fourth-order valence-corrected chi connectivity index (χ4v) is 15.5. The first-order chi connectivity index (χ1) is 22.8. The number of hydrogen-bond donors (Lipinski definition) is 0. The molecule has 0 aliphatic heterocycles. The Morgan fingerprint density at radius 3 is 0.792 bits per heavy atom. The smallest absolute Gasteiger partial charge is 0.112 e. The molecule has 246 valence electrons. The van der Waals surface area contributed by atoms with Crippen molar-refractivity contribution < 1.29 is 38.7 Å². The summed E-state index contributed by atoms with van der Waals surface area (Å²) < 4.78 is 6.40. The van der Waals surface area contributed by atoms with Crippen LogP contribution in [0.15, 0.2) is 182 Å². The van der Waals surface area contributed by atoms with Gasteiger partial charge in [0.1, 0.15) is 46.4 Å². The average Bonchev–Trinajstić information content (AvgIpc) is 3.15. The van der Waals surface area contributed by atoms with Gasteiger partial charge in [0.2, 0.25) is 0 Å². The Balaban J connectivity index is 0.00000260. The summed E-state index contributed by atoms with van der Waals surface area (Å²) in [7, 11) is -3.60. The minimum absolute atomic E-state index is 0. The Hall–Kier alpha value is -2.90. The molecule has 0 aliphatic carbocycles. The van der Waals surface area contributed by atoms with Crippen LogP contribution in [0.4, 0.5) is 0 Å². The van der Waals surface area contributed by atoms with Crippen LogP contribution in [0, 0.1) is 0 Å². The maximum absolute atomic E-state index is 6.40. The Kier molecular flexibility index (Phi) is 15.3. The SMILES string of the molecule is [Br-].[Br-].c1ccc([P+](CCCCOCCC[P+](c2ccccc2)(c2ccccc2)c2ccccc2)(c2ccccc2)c2ccccc2)cc1. The molecule has 0 fully saturated rings. The fraction of sp³-hybridized carbons (Fsp3) is 0.163. The standard InChI is InChI=1S/C43H44OP2.2BrH/c1-7-22-38(23-8-1)45(39-24-9-2-10-25-39,40-26-11-3-12-27-40)36-20-19-34-44-35-21-37-46(41-28-13-4-14-29-41,42-30-15-5-16-31-42)43-32-17-6-18-33-43;;/h1-18,22-33H,19-21,34-37H2;2*1H/q+2;;/p-2. The molecular formula is C43H44Br2OP2. The zero-order valence-corrected chi connectivity index (χ0v) is 32.3. The van der Waals surface area contributed by atoms with Crippen molar-refractivity contribution in [3.63, 3.8) is 0 Å². The lowest BCUT2D eigenvalue weighted by atomic mass is 10.3. The summed E-state index contributed by atoms with van der Waals surface area (Å²) in [6, 6.07) is 67.1. The van der Waals surface area contributed by atoms with E-state index in [0.717, 1.165) is 44.8 Å². The van der Waals surface area contributed by atoms with Gasteiger partial charge < -0.3 is 38.7 Å². The van der Waals surface area contributed by atoms with E-state index in [1.807, 2.05) is 0 Å². The van der Waals surface area contributed by atoms with Crippen LogP contribution in [0.2, 0.25) is 0 Å². The summed E-state index contributed by atoms with van der Waals surface area (Å²) in [5.41, 5.74) is 0. The second-order valence-corrected chi connectivity index (χ2v) is 19.0. The highest BCUT2D eigenvalue weighted by atomic mass is 79.9. The minimum Gasteiger partial charge on any atom is -1.00 e. The average molecular weight is 799 g/mol. The van der Waals surface area contributed by atoms with Gasteiger partial charge in [-0.15, -0.1) is 0 Å². The Morgan fingerprint density at radius 2 is 0.521 bits per heavy atom. The number of halogens is 2. The number of benzene rings is 6. The largest absolute Gasteiger partial charge is 1.00 e. The summed E-state index contributed by atoms with van der Waals surface area (Å²) in [6.07, 6.45) is 5.45. The van der Waals surface area contributed by atoms with Crippen molar-refractivity contribution >= 4 is 46.4 Å². The van der Waals surface area contributed by atoms with Gasteiger partial charge in [-0.25, -0.2) is 0 Å². The highest BCUT2D eigenvalue weighted by molar-refractivity contribution is 7.96.